The molecule has 0 unspecified atom stereocenters. The number of nitrogens with zero attached hydrogens (tertiary/aromatic N) is 5. The quantitative estimate of drug-likeness (QED) is 0.711. The van der Waals surface area contributed by atoms with Crippen LogP contribution in [0.3, 0.4) is 0 Å². The van der Waals surface area contributed by atoms with Crippen molar-refractivity contribution >= 4 is 17.2 Å². The van der Waals surface area contributed by atoms with Gasteiger partial charge in [-0.05, 0) is 48.9 Å². The van der Waals surface area contributed by atoms with Crippen molar-refractivity contribution in [1.29, 1.82) is 0 Å². The maximum absolute atomic E-state index is 12.2. The molecule has 1 fully saturated rings. The molecule has 5 rings (SSSR count). The second kappa shape index (κ2) is 8.02. The predicted molar refractivity (Wildman–Crippen MR) is 115 cm³/mol. The molecule has 1 N–H and O–H groups in total. The first-order valence-corrected chi connectivity index (χ1v) is 10.6. The van der Waals surface area contributed by atoms with Crippen molar-refractivity contribution in [1.82, 2.24) is 19.6 Å². The molecule has 8 heteroatoms. The molecule has 0 atom stereocenters. The third-order valence-corrected chi connectivity index (χ3v) is 6.02. The molecular formula is C22H26N6O2. The van der Waals surface area contributed by atoms with E-state index >= 15 is 0 Å². The molecule has 0 bridgehead atoms. The van der Waals surface area contributed by atoms with Crippen molar-refractivity contribution in [2.45, 2.75) is 32.7 Å². The average Bonchev–Trinajstić information content (AvgIpc) is 2.78. The normalized spacial score (nSPS) is 17.2. The van der Waals surface area contributed by atoms with Crippen molar-refractivity contribution in [3.8, 4) is 0 Å². The van der Waals surface area contributed by atoms with Gasteiger partial charge in [0.15, 0.2) is 11.5 Å². The maximum atomic E-state index is 12.2. The van der Waals surface area contributed by atoms with E-state index in [0.717, 1.165) is 74.9 Å². The van der Waals surface area contributed by atoms with Gasteiger partial charge in [-0.15, -0.1) is 5.10 Å². The third kappa shape index (κ3) is 3.75. The molecule has 0 amide bonds. The molecule has 2 aliphatic rings. The molecule has 2 aliphatic heterocycles. The van der Waals surface area contributed by atoms with Crippen LogP contribution in [0.25, 0.3) is 5.65 Å². The van der Waals surface area contributed by atoms with Crippen molar-refractivity contribution in [3.05, 3.63) is 57.8 Å². The number of hydrogen-bond donors (Lipinski definition) is 1. The lowest BCUT2D eigenvalue weighted by Crippen LogP contribution is -2.33. The highest BCUT2D eigenvalue weighted by Gasteiger charge is 2.22. The minimum atomic E-state index is -0.167. The Bertz CT molecular complexity index is 1120. The van der Waals surface area contributed by atoms with E-state index < -0.39 is 0 Å². The lowest BCUT2D eigenvalue weighted by atomic mass is 10.00. The Morgan fingerprint density at radius 3 is 2.97 bits per heavy atom. The minimum Gasteiger partial charge on any atom is -0.384 e. The molecule has 0 aromatic carbocycles. The van der Waals surface area contributed by atoms with Gasteiger partial charge in [0.1, 0.15) is 0 Å². The standard InChI is InChI=1S/C22H26N6O2/c1-15-10-20-23-6-2-21(29)28(20)26-22(15)27-7-3-19-17(14-27)11-18(13-25-19)24-12-16-4-8-30-9-5-16/h2,6,10-11,13,16,24H,3-5,7-9,12,14H2,1H3. The molecule has 0 radical (unpaired) electrons. The lowest BCUT2D eigenvalue weighted by molar-refractivity contribution is 0.0699. The molecule has 0 saturated carbocycles. The van der Waals surface area contributed by atoms with E-state index in [1.807, 2.05) is 19.2 Å². The molecule has 3 aromatic heterocycles. The van der Waals surface area contributed by atoms with Crippen LogP contribution in [0.4, 0.5) is 11.5 Å². The lowest BCUT2D eigenvalue weighted by Gasteiger charge is -2.30. The summed E-state index contributed by atoms with van der Waals surface area (Å²) in [5, 5.41) is 8.17. The maximum Gasteiger partial charge on any atom is 0.274 e. The minimum absolute atomic E-state index is 0.167. The summed E-state index contributed by atoms with van der Waals surface area (Å²) in [4.78, 5) is 23.4. The van der Waals surface area contributed by atoms with Crippen LogP contribution in [0, 0.1) is 12.8 Å². The van der Waals surface area contributed by atoms with Crippen LogP contribution in [0.1, 0.15) is 29.7 Å². The number of fused-ring (bicyclic) bond motifs is 2. The zero-order valence-electron chi connectivity index (χ0n) is 17.2. The summed E-state index contributed by atoms with van der Waals surface area (Å²) in [6.07, 6.45) is 6.55. The molecule has 5 heterocycles. The van der Waals surface area contributed by atoms with Gasteiger partial charge in [-0.1, -0.05) is 0 Å². The van der Waals surface area contributed by atoms with Crippen LogP contribution in [0.15, 0.2) is 35.4 Å². The van der Waals surface area contributed by atoms with E-state index in [1.165, 1.54) is 22.3 Å². The van der Waals surface area contributed by atoms with Gasteiger partial charge in [-0.25, -0.2) is 4.98 Å². The van der Waals surface area contributed by atoms with Gasteiger partial charge in [0, 0.05) is 57.2 Å². The fourth-order valence-electron chi connectivity index (χ4n) is 4.28. The molecule has 8 nitrogen and oxygen atoms in total. The summed E-state index contributed by atoms with van der Waals surface area (Å²) in [7, 11) is 0. The van der Waals surface area contributed by atoms with Crippen LogP contribution in [-0.2, 0) is 17.7 Å². The van der Waals surface area contributed by atoms with Crippen LogP contribution in [0.5, 0.6) is 0 Å². The summed E-state index contributed by atoms with van der Waals surface area (Å²) >= 11 is 0. The fourth-order valence-corrected chi connectivity index (χ4v) is 4.28. The van der Waals surface area contributed by atoms with E-state index in [1.54, 1.807) is 0 Å². The molecule has 0 aliphatic carbocycles. The second-order valence-electron chi connectivity index (χ2n) is 8.14. The Morgan fingerprint density at radius 2 is 2.10 bits per heavy atom. The number of aromatic nitrogens is 4. The van der Waals surface area contributed by atoms with Crippen LogP contribution < -0.4 is 15.8 Å². The number of pyridine rings is 1. The zero-order valence-corrected chi connectivity index (χ0v) is 17.2. The Balaban J connectivity index is 1.36. The van der Waals surface area contributed by atoms with Crippen molar-refractivity contribution in [3.63, 3.8) is 0 Å². The third-order valence-electron chi connectivity index (χ3n) is 6.02. The van der Waals surface area contributed by atoms with E-state index in [9.17, 15) is 4.79 Å². The van der Waals surface area contributed by atoms with E-state index in [-0.39, 0.29) is 5.56 Å². The van der Waals surface area contributed by atoms with Gasteiger partial charge in [-0.2, -0.15) is 4.52 Å². The number of rotatable bonds is 4. The Morgan fingerprint density at radius 1 is 1.23 bits per heavy atom. The average molecular weight is 406 g/mol. The second-order valence-corrected chi connectivity index (χ2v) is 8.14. The van der Waals surface area contributed by atoms with Gasteiger partial charge in [-0.3, -0.25) is 9.78 Å². The predicted octanol–water partition coefficient (Wildman–Crippen LogP) is 2.19. The fraction of sp³-hybridized carbons (Fsp3) is 0.455. The summed E-state index contributed by atoms with van der Waals surface area (Å²) in [6, 6.07) is 5.56. The Kier molecular flexibility index (Phi) is 5.08. The molecule has 1 saturated heterocycles. The van der Waals surface area contributed by atoms with Gasteiger partial charge >= 0.3 is 0 Å². The highest BCUT2D eigenvalue weighted by Crippen LogP contribution is 2.26. The summed E-state index contributed by atoms with van der Waals surface area (Å²) < 4.78 is 6.82. The van der Waals surface area contributed by atoms with Crippen LogP contribution in [-0.4, -0.2) is 45.9 Å². The SMILES string of the molecule is Cc1cc2nccc(=O)n2nc1N1CCc2ncc(NCC3CCOCC3)cc2C1. The smallest absolute Gasteiger partial charge is 0.274 e. The first-order chi connectivity index (χ1) is 14.7. The highest BCUT2D eigenvalue weighted by molar-refractivity contribution is 5.55. The highest BCUT2D eigenvalue weighted by atomic mass is 16.5. The number of hydrogen-bond acceptors (Lipinski definition) is 7. The largest absolute Gasteiger partial charge is 0.384 e. The Labute approximate surface area is 174 Å². The number of aryl methyl sites for hydroxylation is 1. The molecule has 0 spiro atoms. The van der Waals surface area contributed by atoms with Gasteiger partial charge in [0.05, 0.1) is 11.9 Å². The van der Waals surface area contributed by atoms with Gasteiger partial charge < -0.3 is 15.0 Å². The van der Waals surface area contributed by atoms with E-state index in [2.05, 4.69) is 26.4 Å². The Hall–Kier alpha value is -3.00. The number of ether oxygens (including phenoxy) is 1. The molecule has 3 aromatic rings. The first kappa shape index (κ1) is 19.0. The van der Waals surface area contributed by atoms with Crippen LogP contribution >= 0.6 is 0 Å². The van der Waals surface area contributed by atoms with E-state index in [0.29, 0.717) is 11.6 Å². The summed E-state index contributed by atoms with van der Waals surface area (Å²) in [6.45, 7) is 6.24. The first-order valence-electron chi connectivity index (χ1n) is 10.6. The molecule has 30 heavy (non-hydrogen) atoms. The van der Waals surface area contributed by atoms with Crippen molar-refractivity contribution in [2.75, 3.05) is 36.5 Å². The van der Waals surface area contributed by atoms with Crippen LogP contribution in [0.2, 0.25) is 0 Å². The molecule has 156 valence electrons. The van der Waals surface area contributed by atoms with Crippen molar-refractivity contribution < 1.29 is 4.74 Å². The van der Waals surface area contributed by atoms with Gasteiger partial charge in [0.25, 0.3) is 5.56 Å². The number of anilines is 2. The van der Waals surface area contributed by atoms with Crippen molar-refractivity contribution in [2.24, 2.45) is 5.92 Å². The van der Waals surface area contributed by atoms with E-state index in [4.69, 9.17) is 9.72 Å². The summed E-state index contributed by atoms with van der Waals surface area (Å²) in [5.41, 5.74) is 4.82. The number of nitrogens with one attached hydrogen (secondary N) is 1. The topological polar surface area (TPSA) is 84.7 Å². The monoisotopic (exact) mass is 406 g/mol. The van der Waals surface area contributed by atoms with Gasteiger partial charge in [0.2, 0.25) is 0 Å². The molecular weight excluding hydrogens is 380 g/mol. The zero-order chi connectivity index (χ0) is 20.5. The summed E-state index contributed by atoms with van der Waals surface area (Å²) in [5.74, 6) is 1.48.